The normalized spacial score (nSPS) is 18.5. The fraction of sp³-hybridized carbons (Fsp3) is 0.167. The fourth-order valence-corrected chi connectivity index (χ4v) is 4.10. The van der Waals surface area contributed by atoms with E-state index in [4.69, 9.17) is 0 Å². The van der Waals surface area contributed by atoms with Gasteiger partial charge in [0, 0.05) is 23.5 Å². The van der Waals surface area contributed by atoms with Gasteiger partial charge in [0.25, 0.3) is 0 Å². The Morgan fingerprint density at radius 3 is 2.76 bits per heavy atom. The first-order chi connectivity index (χ1) is 8.01. The van der Waals surface area contributed by atoms with Gasteiger partial charge in [-0.15, -0.1) is 0 Å². The second kappa shape index (κ2) is 3.54. The van der Waals surface area contributed by atoms with Crippen molar-refractivity contribution in [2.24, 2.45) is 0 Å². The first-order valence-corrected chi connectivity index (χ1v) is 7.41. The van der Waals surface area contributed by atoms with Gasteiger partial charge in [0.2, 0.25) is 10.0 Å². The molecule has 0 unspecified atom stereocenters. The highest BCUT2D eigenvalue weighted by Gasteiger charge is 2.29. The monoisotopic (exact) mass is 311 g/mol. The molecule has 17 heavy (non-hydrogen) atoms. The van der Waals surface area contributed by atoms with Gasteiger partial charge >= 0.3 is 0 Å². The highest BCUT2D eigenvalue weighted by Crippen LogP contribution is 2.37. The van der Waals surface area contributed by atoms with E-state index in [1.54, 1.807) is 19.2 Å². The van der Waals surface area contributed by atoms with Gasteiger partial charge in [0.05, 0.1) is 4.90 Å². The molecule has 0 fully saturated rings. The molecule has 0 bridgehead atoms. The smallest absolute Gasteiger partial charge is 0.207 e. The molecule has 2 aromatic rings. The van der Waals surface area contributed by atoms with Crippen molar-refractivity contribution in [3.8, 4) is 0 Å². The molecule has 0 radical (unpaired) electrons. The van der Waals surface area contributed by atoms with Crippen LogP contribution in [0, 0.1) is 0 Å². The zero-order valence-electron chi connectivity index (χ0n) is 9.14. The Balaban J connectivity index is 2.56. The number of halogens is 1. The number of sulfonamides is 1. The summed E-state index contributed by atoms with van der Waals surface area (Å²) in [5.41, 5.74) is 1.05. The summed E-state index contributed by atoms with van der Waals surface area (Å²) in [6.07, 6.45) is 0. The summed E-state index contributed by atoms with van der Waals surface area (Å²) >= 11 is 3.46. The average Bonchev–Trinajstić information content (AvgIpc) is 2.28. The van der Waals surface area contributed by atoms with E-state index in [1.165, 1.54) is 4.31 Å². The van der Waals surface area contributed by atoms with Crippen LogP contribution in [0.25, 0.3) is 10.8 Å². The molecular weight excluding hydrogens is 302 g/mol. The summed E-state index contributed by atoms with van der Waals surface area (Å²) in [6, 6.07) is 9.33. The number of hydrogen-bond acceptors (Lipinski definition) is 2. The number of nitrogens with zero attached hydrogens (tertiary/aromatic N) is 1. The third-order valence-electron chi connectivity index (χ3n) is 3.12. The van der Waals surface area contributed by atoms with E-state index in [0.717, 1.165) is 20.8 Å². The van der Waals surface area contributed by atoms with Gasteiger partial charge in [-0.2, -0.15) is 4.31 Å². The lowest BCUT2D eigenvalue weighted by atomic mass is 10.0. The molecule has 3 nitrogen and oxygen atoms in total. The molecule has 88 valence electrons. The van der Waals surface area contributed by atoms with E-state index >= 15 is 0 Å². The minimum atomic E-state index is -3.33. The zero-order valence-corrected chi connectivity index (χ0v) is 11.5. The maximum absolute atomic E-state index is 12.2. The van der Waals surface area contributed by atoms with E-state index in [1.807, 2.05) is 18.2 Å². The molecular formula is C12H10BrNO2S. The van der Waals surface area contributed by atoms with Crippen LogP contribution in [-0.2, 0) is 16.6 Å². The molecule has 5 heteroatoms. The lowest BCUT2D eigenvalue weighted by molar-refractivity contribution is 0.463. The van der Waals surface area contributed by atoms with Gasteiger partial charge in [-0.1, -0.05) is 34.1 Å². The number of benzene rings is 2. The van der Waals surface area contributed by atoms with E-state index in [9.17, 15) is 8.42 Å². The Morgan fingerprint density at radius 2 is 2.00 bits per heavy atom. The third kappa shape index (κ3) is 1.46. The highest BCUT2D eigenvalue weighted by atomic mass is 79.9. The first-order valence-electron chi connectivity index (χ1n) is 5.18. The van der Waals surface area contributed by atoms with Crippen molar-refractivity contribution < 1.29 is 8.42 Å². The Bertz CT molecular complexity index is 725. The minimum absolute atomic E-state index is 0.403. The summed E-state index contributed by atoms with van der Waals surface area (Å²) in [5, 5.41) is 1.80. The Morgan fingerprint density at radius 1 is 1.24 bits per heavy atom. The molecule has 1 aliphatic heterocycles. The maximum Gasteiger partial charge on any atom is 0.243 e. The second-order valence-corrected chi connectivity index (χ2v) is 7.01. The molecule has 0 saturated carbocycles. The summed E-state index contributed by atoms with van der Waals surface area (Å²) in [7, 11) is -1.72. The van der Waals surface area contributed by atoms with Crippen LogP contribution in [0.3, 0.4) is 0 Å². The quantitative estimate of drug-likeness (QED) is 0.750. The van der Waals surface area contributed by atoms with Crippen molar-refractivity contribution in [2.75, 3.05) is 7.05 Å². The topological polar surface area (TPSA) is 37.4 Å². The molecule has 0 spiro atoms. The standard InChI is InChI=1S/C12H10BrNO2S/c1-14-7-8-3-2-4-9-10(13)5-6-11(12(8)9)17(14,15)16/h2-6H,7H2,1H3. The van der Waals surface area contributed by atoms with E-state index in [-0.39, 0.29) is 0 Å². The predicted octanol–water partition coefficient (Wildman–Crippen LogP) is 2.74. The van der Waals surface area contributed by atoms with E-state index in [0.29, 0.717) is 11.4 Å². The van der Waals surface area contributed by atoms with Gasteiger partial charge in [0.1, 0.15) is 0 Å². The molecule has 1 heterocycles. The van der Waals surface area contributed by atoms with E-state index < -0.39 is 10.0 Å². The molecule has 0 aromatic heterocycles. The Kier molecular flexibility index (Phi) is 2.33. The second-order valence-electron chi connectivity index (χ2n) is 4.15. The molecule has 0 saturated heterocycles. The lowest BCUT2D eigenvalue weighted by Crippen LogP contribution is -2.30. The van der Waals surface area contributed by atoms with Gasteiger partial charge in [-0.25, -0.2) is 8.42 Å². The largest absolute Gasteiger partial charge is 0.243 e. The molecule has 0 amide bonds. The van der Waals surface area contributed by atoms with Gasteiger partial charge in [-0.05, 0) is 23.1 Å². The molecule has 3 rings (SSSR count). The number of hydrogen-bond donors (Lipinski definition) is 0. The van der Waals surface area contributed by atoms with Crippen molar-refractivity contribution in [3.05, 3.63) is 40.4 Å². The average molecular weight is 312 g/mol. The summed E-state index contributed by atoms with van der Waals surface area (Å²) in [5.74, 6) is 0. The van der Waals surface area contributed by atoms with Gasteiger partial charge in [-0.3, -0.25) is 0 Å². The zero-order chi connectivity index (χ0) is 12.2. The van der Waals surface area contributed by atoms with Crippen molar-refractivity contribution in [3.63, 3.8) is 0 Å². The Labute approximate surface area is 108 Å². The first kappa shape index (κ1) is 11.2. The maximum atomic E-state index is 12.2. The van der Waals surface area contributed by atoms with Crippen molar-refractivity contribution in [1.29, 1.82) is 0 Å². The van der Waals surface area contributed by atoms with Gasteiger partial charge in [0.15, 0.2) is 0 Å². The summed E-state index contributed by atoms with van der Waals surface area (Å²) in [4.78, 5) is 0.403. The SMILES string of the molecule is CN1Cc2cccc3c(Br)ccc(c23)S1(=O)=O. The molecule has 1 aliphatic rings. The van der Waals surface area contributed by atoms with Crippen LogP contribution in [-0.4, -0.2) is 19.8 Å². The van der Waals surface area contributed by atoms with Crippen molar-refractivity contribution in [2.45, 2.75) is 11.4 Å². The van der Waals surface area contributed by atoms with Crippen LogP contribution >= 0.6 is 15.9 Å². The highest BCUT2D eigenvalue weighted by molar-refractivity contribution is 9.10. The lowest BCUT2D eigenvalue weighted by Gasteiger charge is -2.25. The molecule has 0 aliphatic carbocycles. The van der Waals surface area contributed by atoms with Crippen LogP contribution in [0.2, 0.25) is 0 Å². The number of rotatable bonds is 0. The van der Waals surface area contributed by atoms with Crippen LogP contribution in [0.5, 0.6) is 0 Å². The summed E-state index contributed by atoms with van der Waals surface area (Å²) in [6.45, 7) is 0.434. The van der Waals surface area contributed by atoms with Crippen LogP contribution in [0.15, 0.2) is 39.7 Å². The van der Waals surface area contributed by atoms with Crippen molar-refractivity contribution >= 4 is 36.7 Å². The molecule has 2 aromatic carbocycles. The minimum Gasteiger partial charge on any atom is -0.207 e. The van der Waals surface area contributed by atoms with Gasteiger partial charge < -0.3 is 0 Å². The summed E-state index contributed by atoms with van der Waals surface area (Å²) < 4.78 is 26.7. The van der Waals surface area contributed by atoms with Crippen LogP contribution in [0.4, 0.5) is 0 Å². The fourth-order valence-electron chi connectivity index (χ4n) is 2.25. The Hall–Kier alpha value is -0.910. The van der Waals surface area contributed by atoms with Crippen LogP contribution in [0.1, 0.15) is 5.56 Å². The van der Waals surface area contributed by atoms with E-state index in [2.05, 4.69) is 15.9 Å². The predicted molar refractivity (Wildman–Crippen MR) is 70.3 cm³/mol. The van der Waals surface area contributed by atoms with Crippen LogP contribution < -0.4 is 0 Å². The third-order valence-corrected chi connectivity index (χ3v) is 5.65. The van der Waals surface area contributed by atoms with Crippen molar-refractivity contribution in [1.82, 2.24) is 4.31 Å². The molecule has 0 N–H and O–H groups in total. The molecule has 0 atom stereocenters.